The number of nitrogens with zero attached hydrogens (tertiary/aromatic N) is 4. The first kappa shape index (κ1) is 21.5. The normalized spacial score (nSPS) is 15.8. The van der Waals surface area contributed by atoms with Crippen molar-refractivity contribution in [1.82, 2.24) is 19.4 Å². The summed E-state index contributed by atoms with van der Waals surface area (Å²) in [7, 11) is 0. The molecular formula is C25H32N4O2. The molecule has 0 spiro atoms. The van der Waals surface area contributed by atoms with E-state index in [-0.39, 0.29) is 11.9 Å². The van der Waals surface area contributed by atoms with Crippen LogP contribution < -0.4 is 0 Å². The average Bonchev–Trinajstić information content (AvgIpc) is 3.16. The summed E-state index contributed by atoms with van der Waals surface area (Å²) >= 11 is 0. The number of benzene rings is 2. The van der Waals surface area contributed by atoms with Crippen LogP contribution in [0.5, 0.6) is 0 Å². The zero-order valence-electron chi connectivity index (χ0n) is 18.5. The molecule has 0 N–H and O–H groups in total. The van der Waals surface area contributed by atoms with Crippen LogP contribution in [0, 0.1) is 0 Å². The third kappa shape index (κ3) is 5.14. The van der Waals surface area contributed by atoms with Gasteiger partial charge in [0, 0.05) is 38.6 Å². The van der Waals surface area contributed by atoms with Gasteiger partial charge in [0.15, 0.2) is 0 Å². The Kier molecular flexibility index (Phi) is 6.99. The Labute approximate surface area is 184 Å². The fourth-order valence-electron chi connectivity index (χ4n) is 4.32. The molecule has 2 aromatic carbocycles. The van der Waals surface area contributed by atoms with Gasteiger partial charge in [0.05, 0.1) is 24.2 Å². The van der Waals surface area contributed by atoms with Gasteiger partial charge in [-0.05, 0) is 24.6 Å². The number of aryl methyl sites for hydroxylation is 1. The highest BCUT2D eigenvalue weighted by Gasteiger charge is 2.25. The van der Waals surface area contributed by atoms with E-state index in [9.17, 15) is 4.79 Å². The average molecular weight is 421 g/mol. The summed E-state index contributed by atoms with van der Waals surface area (Å²) in [6.07, 6.45) is 0.796. The van der Waals surface area contributed by atoms with Gasteiger partial charge < -0.3 is 14.2 Å². The molecule has 0 radical (unpaired) electrons. The standard InChI is InChI=1S/C25H32N4O2/c1-3-24-26-22-11-7-8-12-23(22)29(24)19-25(30)28(18-21-9-5-4-6-10-21)20(2)17-27-13-15-31-16-14-27/h4-12,20H,3,13-19H2,1-2H3. The summed E-state index contributed by atoms with van der Waals surface area (Å²) in [4.78, 5) is 22.8. The van der Waals surface area contributed by atoms with E-state index in [2.05, 4.69) is 35.4 Å². The first-order valence-electron chi connectivity index (χ1n) is 11.2. The van der Waals surface area contributed by atoms with Crippen molar-refractivity contribution < 1.29 is 9.53 Å². The number of para-hydroxylation sites is 2. The van der Waals surface area contributed by atoms with Crippen LogP contribution in [0.3, 0.4) is 0 Å². The van der Waals surface area contributed by atoms with E-state index in [0.29, 0.717) is 13.1 Å². The van der Waals surface area contributed by atoms with E-state index in [0.717, 1.165) is 61.7 Å². The first-order chi connectivity index (χ1) is 15.2. The molecule has 1 aromatic heterocycles. The van der Waals surface area contributed by atoms with Crippen LogP contribution in [-0.2, 0) is 29.0 Å². The maximum Gasteiger partial charge on any atom is 0.243 e. The Bertz CT molecular complexity index is 995. The van der Waals surface area contributed by atoms with Crippen molar-refractivity contribution in [3.63, 3.8) is 0 Å². The Hall–Kier alpha value is -2.70. The minimum Gasteiger partial charge on any atom is -0.379 e. The monoisotopic (exact) mass is 420 g/mol. The molecule has 31 heavy (non-hydrogen) atoms. The molecule has 1 saturated heterocycles. The van der Waals surface area contributed by atoms with Crippen LogP contribution in [0.2, 0.25) is 0 Å². The lowest BCUT2D eigenvalue weighted by atomic mass is 10.1. The van der Waals surface area contributed by atoms with E-state index < -0.39 is 0 Å². The molecule has 1 aliphatic rings. The van der Waals surface area contributed by atoms with Crippen molar-refractivity contribution in [2.75, 3.05) is 32.8 Å². The number of rotatable bonds is 8. The minimum absolute atomic E-state index is 0.102. The fourth-order valence-corrected chi connectivity index (χ4v) is 4.32. The largest absolute Gasteiger partial charge is 0.379 e. The third-order valence-corrected chi connectivity index (χ3v) is 6.02. The number of hydrogen-bond acceptors (Lipinski definition) is 4. The molecule has 1 fully saturated rings. The lowest BCUT2D eigenvalue weighted by Crippen LogP contribution is -2.48. The van der Waals surface area contributed by atoms with E-state index in [1.54, 1.807) is 0 Å². The fraction of sp³-hybridized carbons (Fsp3) is 0.440. The van der Waals surface area contributed by atoms with E-state index in [1.165, 1.54) is 0 Å². The van der Waals surface area contributed by atoms with Crippen molar-refractivity contribution in [3.05, 3.63) is 66.0 Å². The summed E-state index contributed by atoms with van der Waals surface area (Å²) in [5, 5.41) is 0. The Morgan fingerprint density at radius 2 is 1.81 bits per heavy atom. The number of hydrogen-bond donors (Lipinski definition) is 0. The summed E-state index contributed by atoms with van der Waals surface area (Å²) in [5.41, 5.74) is 3.12. The van der Waals surface area contributed by atoms with Gasteiger partial charge in [-0.1, -0.05) is 49.4 Å². The topological polar surface area (TPSA) is 50.6 Å². The number of imidazole rings is 1. The second-order valence-electron chi connectivity index (χ2n) is 8.23. The van der Waals surface area contributed by atoms with Crippen molar-refractivity contribution >= 4 is 16.9 Å². The molecule has 0 aliphatic carbocycles. The quantitative estimate of drug-likeness (QED) is 0.561. The lowest BCUT2D eigenvalue weighted by molar-refractivity contribution is -0.135. The number of morpholine rings is 1. The molecule has 1 atom stereocenters. The number of ether oxygens (including phenoxy) is 1. The molecule has 0 saturated carbocycles. The molecule has 6 heteroatoms. The van der Waals surface area contributed by atoms with Crippen molar-refractivity contribution in [3.8, 4) is 0 Å². The smallest absolute Gasteiger partial charge is 0.243 e. The highest BCUT2D eigenvalue weighted by molar-refractivity contribution is 5.81. The molecule has 164 valence electrons. The van der Waals surface area contributed by atoms with Gasteiger partial charge in [0.2, 0.25) is 5.91 Å². The molecular weight excluding hydrogens is 388 g/mol. The summed E-state index contributed by atoms with van der Waals surface area (Å²) in [6, 6.07) is 18.4. The number of carbonyl (C=O) groups is 1. The summed E-state index contributed by atoms with van der Waals surface area (Å²) in [5.74, 6) is 1.08. The maximum absolute atomic E-state index is 13.6. The molecule has 0 bridgehead atoms. The highest BCUT2D eigenvalue weighted by atomic mass is 16.5. The van der Waals surface area contributed by atoms with Crippen LogP contribution in [0.25, 0.3) is 11.0 Å². The predicted octanol–water partition coefficient (Wildman–Crippen LogP) is 3.35. The zero-order valence-corrected chi connectivity index (χ0v) is 18.5. The molecule has 1 amide bonds. The van der Waals surface area contributed by atoms with Crippen molar-refractivity contribution in [2.24, 2.45) is 0 Å². The first-order valence-corrected chi connectivity index (χ1v) is 11.2. The van der Waals surface area contributed by atoms with Gasteiger partial charge in [-0.15, -0.1) is 0 Å². The highest BCUT2D eigenvalue weighted by Crippen LogP contribution is 2.18. The van der Waals surface area contributed by atoms with Gasteiger partial charge in [-0.2, -0.15) is 0 Å². The van der Waals surface area contributed by atoms with Crippen LogP contribution >= 0.6 is 0 Å². The molecule has 3 aromatic rings. The predicted molar refractivity (Wildman–Crippen MR) is 123 cm³/mol. The van der Waals surface area contributed by atoms with Gasteiger partial charge >= 0.3 is 0 Å². The van der Waals surface area contributed by atoms with E-state index >= 15 is 0 Å². The summed E-state index contributed by atoms with van der Waals surface area (Å²) in [6.45, 7) is 9.39. The van der Waals surface area contributed by atoms with Crippen molar-refractivity contribution in [1.29, 1.82) is 0 Å². The number of aromatic nitrogens is 2. The van der Waals surface area contributed by atoms with Crippen LogP contribution in [-0.4, -0.2) is 64.1 Å². The van der Waals surface area contributed by atoms with Crippen LogP contribution in [0.15, 0.2) is 54.6 Å². The van der Waals surface area contributed by atoms with Gasteiger partial charge in [-0.25, -0.2) is 4.98 Å². The molecule has 1 unspecified atom stereocenters. The van der Waals surface area contributed by atoms with Crippen molar-refractivity contribution in [2.45, 2.75) is 39.4 Å². The molecule has 6 nitrogen and oxygen atoms in total. The minimum atomic E-state index is 0.102. The molecule has 4 rings (SSSR count). The second-order valence-corrected chi connectivity index (χ2v) is 8.23. The second kappa shape index (κ2) is 10.1. The Morgan fingerprint density at radius 3 is 2.55 bits per heavy atom. The number of amides is 1. The van der Waals surface area contributed by atoms with Gasteiger partial charge in [0.1, 0.15) is 12.4 Å². The van der Waals surface area contributed by atoms with E-state index in [4.69, 9.17) is 9.72 Å². The third-order valence-electron chi connectivity index (χ3n) is 6.02. The zero-order chi connectivity index (χ0) is 21.6. The number of carbonyl (C=O) groups excluding carboxylic acids is 1. The SMILES string of the molecule is CCc1nc2ccccc2n1CC(=O)N(Cc1ccccc1)C(C)CN1CCOCC1. The summed E-state index contributed by atoms with van der Waals surface area (Å²) < 4.78 is 7.57. The number of fused-ring (bicyclic) bond motifs is 1. The van der Waals surface area contributed by atoms with Crippen LogP contribution in [0.1, 0.15) is 25.2 Å². The van der Waals surface area contributed by atoms with Gasteiger partial charge in [0.25, 0.3) is 0 Å². The Morgan fingerprint density at radius 1 is 1.10 bits per heavy atom. The Balaban J connectivity index is 1.57. The van der Waals surface area contributed by atoms with Gasteiger partial charge in [-0.3, -0.25) is 9.69 Å². The maximum atomic E-state index is 13.6. The molecule has 1 aliphatic heterocycles. The molecule has 2 heterocycles. The lowest BCUT2D eigenvalue weighted by Gasteiger charge is -2.35. The van der Waals surface area contributed by atoms with E-state index in [1.807, 2.05) is 47.4 Å². The van der Waals surface area contributed by atoms with Crippen LogP contribution in [0.4, 0.5) is 0 Å².